The third-order valence-electron chi connectivity index (χ3n) is 5.05. The molecule has 0 unspecified atom stereocenters. The molecule has 0 amide bonds. The van der Waals surface area contributed by atoms with Crippen molar-refractivity contribution in [3.05, 3.63) is 70.7 Å². The standard InChI is InChI=1S/C22H19N2O/c1-13-9-10-16-17-12-14(2)15(3)20(23-4)22(17)25-21(16)19(13)18-8-6-7-11-24(18)5/h6-12H,1-3,5H3/q+1. The first kappa shape index (κ1) is 15.4. The molecule has 2 heterocycles. The van der Waals surface area contributed by atoms with E-state index >= 15 is 0 Å². The number of aryl methyl sites for hydroxylation is 3. The van der Waals surface area contributed by atoms with E-state index in [0.717, 1.165) is 44.3 Å². The molecule has 0 aliphatic carbocycles. The zero-order valence-corrected chi connectivity index (χ0v) is 14.8. The largest absolute Gasteiger partial charge is 0.466 e. The lowest BCUT2D eigenvalue weighted by molar-refractivity contribution is -0.660. The Morgan fingerprint density at radius 2 is 1.76 bits per heavy atom. The van der Waals surface area contributed by atoms with E-state index in [1.54, 1.807) is 0 Å². The maximum Gasteiger partial charge on any atom is 0.232 e. The third kappa shape index (κ3) is 2.15. The van der Waals surface area contributed by atoms with Crippen LogP contribution in [0.2, 0.25) is 0 Å². The van der Waals surface area contributed by atoms with Crippen molar-refractivity contribution < 1.29 is 8.98 Å². The van der Waals surface area contributed by atoms with E-state index in [0.29, 0.717) is 11.3 Å². The molecular weight excluding hydrogens is 308 g/mol. The SMILES string of the molecule is [C-]#[N+]c1c(C)c(C)cc2c1oc1c(-c3cccc[n+]3C)c(C)ccc12. The zero-order chi connectivity index (χ0) is 17.7. The molecule has 0 fully saturated rings. The Kier molecular flexibility index (Phi) is 3.36. The smallest absolute Gasteiger partial charge is 0.232 e. The van der Waals surface area contributed by atoms with Crippen molar-refractivity contribution in [1.82, 2.24) is 0 Å². The molecule has 25 heavy (non-hydrogen) atoms. The summed E-state index contributed by atoms with van der Waals surface area (Å²) in [6.07, 6.45) is 2.04. The first-order chi connectivity index (χ1) is 12.0. The van der Waals surface area contributed by atoms with E-state index in [-0.39, 0.29) is 0 Å². The second-order valence-corrected chi connectivity index (χ2v) is 6.59. The number of benzene rings is 2. The van der Waals surface area contributed by atoms with Crippen molar-refractivity contribution in [2.45, 2.75) is 20.8 Å². The topological polar surface area (TPSA) is 21.4 Å². The quantitative estimate of drug-likeness (QED) is 0.331. The van der Waals surface area contributed by atoms with Gasteiger partial charge in [0.05, 0.1) is 12.1 Å². The van der Waals surface area contributed by atoms with Crippen LogP contribution >= 0.6 is 0 Å². The highest BCUT2D eigenvalue weighted by atomic mass is 16.3. The van der Waals surface area contributed by atoms with Gasteiger partial charge >= 0.3 is 0 Å². The molecule has 3 nitrogen and oxygen atoms in total. The highest BCUT2D eigenvalue weighted by Crippen LogP contribution is 2.42. The van der Waals surface area contributed by atoms with Crippen LogP contribution in [0, 0.1) is 27.3 Å². The van der Waals surface area contributed by atoms with Crippen molar-refractivity contribution in [1.29, 1.82) is 0 Å². The van der Waals surface area contributed by atoms with Gasteiger partial charge in [-0.3, -0.25) is 0 Å². The molecule has 0 aliphatic rings. The van der Waals surface area contributed by atoms with Gasteiger partial charge in [0, 0.05) is 22.9 Å². The Hall–Kier alpha value is -3.12. The average Bonchev–Trinajstić information content (AvgIpc) is 2.95. The fraction of sp³-hybridized carbons (Fsp3) is 0.182. The first-order valence-electron chi connectivity index (χ1n) is 8.31. The van der Waals surface area contributed by atoms with Crippen LogP contribution in [0.3, 0.4) is 0 Å². The summed E-state index contributed by atoms with van der Waals surface area (Å²) < 4.78 is 8.40. The van der Waals surface area contributed by atoms with Gasteiger partial charge in [-0.15, -0.1) is 0 Å². The number of nitrogens with zero attached hydrogens (tertiary/aromatic N) is 2. The minimum atomic E-state index is 0.618. The van der Waals surface area contributed by atoms with Gasteiger partial charge in [0.25, 0.3) is 0 Å². The van der Waals surface area contributed by atoms with Gasteiger partial charge < -0.3 is 4.42 Å². The van der Waals surface area contributed by atoms with Gasteiger partial charge in [0.1, 0.15) is 18.2 Å². The molecule has 122 valence electrons. The van der Waals surface area contributed by atoms with Crippen molar-refractivity contribution in [2.75, 3.05) is 0 Å². The van der Waals surface area contributed by atoms with Gasteiger partial charge in [0.15, 0.2) is 6.20 Å². The predicted molar refractivity (Wildman–Crippen MR) is 101 cm³/mol. The molecule has 0 atom stereocenters. The number of aromatic nitrogens is 1. The molecule has 0 saturated carbocycles. The van der Waals surface area contributed by atoms with Crippen LogP contribution in [-0.2, 0) is 7.05 Å². The number of pyridine rings is 1. The Morgan fingerprint density at radius 1 is 0.960 bits per heavy atom. The monoisotopic (exact) mass is 327 g/mol. The molecule has 0 radical (unpaired) electrons. The van der Waals surface area contributed by atoms with Gasteiger partial charge in [-0.05, 0) is 44.0 Å². The van der Waals surface area contributed by atoms with Crippen LogP contribution in [-0.4, -0.2) is 0 Å². The van der Waals surface area contributed by atoms with Crippen LogP contribution in [0.25, 0.3) is 38.0 Å². The van der Waals surface area contributed by atoms with Crippen LogP contribution in [0.4, 0.5) is 5.69 Å². The van der Waals surface area contributed by atoms with Gasteiger partial charge in [-0.1, -0.05) is 17.7 Å². The molecule has 0 saturated heterocycles. The molecule has 2 aromatic carbocycles. The Labute approximate surface area is 147 Å². The zero-order valence-electron chi connectivity index (χ0n) is 14.8. The minimum absolute atomic E-state index is 0.618. The van der Waals surface area contributed by atoms with Crippen molar-refractivity contribution in [3.63, 3.8) is 0 Å². The lowest BCUT2D eigenvalue weighted by Gasteiger charge is -2.05. The van der Waals surface area contributed by atoms with Crippen molar-refractivity contribution in [2.24, 2.45) is 7.05 Å². The fourth-order valence-electron chi connectivity index (χ4n) is 3.52. The van der Waals surface area contributed by atoms with E-state index in [4.69, 9.17) is 11.0 Å². The summed E-state index contributed by atoms with van der Waals surface area (Å²) in [7, 11) is 2.04. The van der Waals surface area contributed by atoms with Crippen LogP contribution in [0.1, 0.15) is 16.7 Å². The highest BCUT2D eigenvalue weighted by Gasteiger charge is 2.22. The fourth-order valence-corrected chi connectivity index (χ4v) is 3.52. The second-order valence-electron chi connectivity index (χ2n) is 6.59. The second kappa shape index (κ2) is 5.46. The molecule has 0 spiro atoms. The Bertz CT molecular complexity index is 1190. The summed E-state index contributed by atoms with van der Waals surface area (Å²) in [5.74, 6) is 0. The minimum Gasteiger partial charge on any atom is -0.466 e. The third-order valence-corrected chi connectivity index (χ3v) is 5.05. The maximum absolute atomic E-state index is 7.59. The molecule has 0 N–H and O–H groups in total. The van der Waals surface area contributed by atoms with Crippen molar-refractivity contribution in [3.8, 4) is 11.3 Å². The first-order valence-corrected chi connectivity index (χ1v) is 8.31. The number of hydrogen-bond donors (Lipinski definition) is 0. The van der Waals surface area contributed by atoms with Gasteiger partial charge in [-0.25, -0.2) is 9.41 Å². The normalized spacial score (nSPS) is 11.2. The average molecular weight is 327 g/mol. The summed E-state index contributed by atoms with van der Waals surface area (Å²) in [6.45, 7) is 13.7. The van der Waals surface area contributed by atoms with Gasteiger partial charge in [0.2, 0.25) is 11.4 Å². The van der Waals surface area contributed by atoms with Crippen molar-refractivity contribution >= 4 is 27.6 Å². The summed E-state index contributed by atoms with van der Waals surface area (Å²) >= 11 is 0. The summed E-state index contributed by atoms with van der Waals surface area (Å²) in [4.78, 5) is 3.75. The van der Waals surface area contributed by atoms with E-state index in [2.05, 4.69) is 47.5 Å². The van der Waals surface area contributed by atoms with E-state index < -0.39 is 0 Å². The molecule has 4 aromatic rings. The molecule has 3 heteroatoms. The van der Waals surface area contributed by atoms with E-state index in [1.807, 2.05) is 32.3 Å². The Balaban J connectivity index is 2.21. The summed E-state index contributed by atoms with van der Waals surface area (Å²) in [5, 5.41) is 2.08. The number of furan rings is 1. The molecule has 0 bridgehead atoms. The maximum atomic E-state index is 7.59. The van der Waals surface area contributed by atoms with Crippen LogP contribution < -0.4 is 4.57 Å². The lowest BCUT2D eigenvalue weighted by atomic mass is 9.99. The number of fused-ring (bicyclic) bond motifs is 3. The molecule has 2 aromatic heterocycles. The highest BCUT2D eigenvalue weighted by molar-refractivity contribution is 6.13. The summed E-state index contributed by atoms with van der Waals surface area (Å²) in [6, 6.07) is 12.5. The Morgan fingerprint density at radius 3 is 2.48 bits per heavy atom. The lowest BCUT2D eigenvalue weighted by Crippen LogP contribution is -2.30. The molecular formula is C22H19N2O+. The van der Waals surface area contributed by atoms with E-state index in [9.17, 15) is 0 Å². The summed E-state index contributed by atoms with van der Waals surface area (Å²) in [5.41, 5.74) is 7.62. The van der Waals surface area contributed by atoms with Crippen LogP contribution in [0.15, 0.2) is 47.0 Å². The predicted octanol–water partition coefficient (Wildman–Crippen LogP) is 5.55. The number of rotatable bonds is 1. The van der Waals surface area contributed by atoms with E-state index in [1.165, 1.54) is 0 Å². The van der Waals surface area contributed by atoms with Crippen LogP contribution in [0.5, 0.6) is 0 Å². The van der Waals surface area contributed by atoms with Gasteiger partial charge in [-0.2, -0.15) is 0 Å². The molecule has 0 aliphatic heterocycles. The number of hydrogen-bond acceptors (Lipinski definition) is 1. The molecule has 4 rings (SSSR count).